The minimum Gasteiger partial charge on any atom is -0.496 e. The van der Waals surface area contributed by atoms with E-state index in [1.807, 2.05) is 36.4 Å². The summed E-state index contributed by atoms with van der Waals surface area (Å²) in [6.07, 6.45) is 1.77. The average Bonchev–Trinajstić information content (AvgIpc) is 3.14. The van der Waals surface area contributed by atoms with Crippen LogP contribution in [0.4, 0.5) is 5.69 Å². The number of benzene rings is 3. The maximum Gasteiger partial charge on any atom is 0.335 e. The number of nitrogens with zero attached hydrogens (tertiary/aromatic N) is 2. The second kappa shape index (κ2) is 10.8. The number of rotatable bonds is 7. The Kier molecular flexibility index (Phi) is 7.57. The fourth-order valence-corrected chi connectivity index (χ4v) is 4.93. The van der Waals surface area contributed by atoms with E-state index < -0.39 is 5.97 Å². The largest absolute Gasteiger partial charge is 0.496 e. The SMILES string of the molecule is COc1cc(OC)c(/C=C2/SC(=Nc3ccccc3)N(Cc3ccc(C(=O)O)cc3)C2=O)cc1Br. The minimum absolute atomic E-state index is 0.187. The number of carbonyl (C=O) groups excluding carboxylic acids is 1. The van der Waals surface area contributed by atoms with Crippen molar-refractivity contribution in [1.29, 1.82) is 0 Å². The molecule has 7 nitrogen and oxygen atoms in total. The quantitative estimate of drug-likeness (QED) is 0.363. The lowest BCUT2D eigenvalue weighted by Gasteiger charge is -2.16. The predicted octanol–water partition coefficient (Wildman–Crippen LogP) is 5.97. The molecule has 0 spiro atoms. The van der Waals surface area contributed by atoms with Crippen molar-refractivity contribution in [3.8, 4) is 11.5 Å². The molecule has 1 aliphatic rings. The van der Waals surface area contributed by atoms with E-state index in [1.54, 1.807) is 43.4 Å². The molecule has 0 radical (unpaired) electrons. The van der Waals surface area contributed by atoms with E-state index in [4.69, 9.17) is 19.6 Å². The number of aliphatic imine (C=N–C) groups is 1. The van der Waals surface area contributed by atoms with Gasteiger partial charge in [-0.1, -0.05) is 30.3 Å². The molecule has 0 bridgehead atoms. The Bertz CT molecular complexity index is 1320. The van der Waals surface area contributed by atoms with Crippen LogP contribution in [0.1, 0.15) is 21.5 Å². The highest BCUT2D eigenvalue weighted by Crippen LogP contribution is 2.39. The second-order valence-electron chi connectivity index (χ2n) is 7.46. The first-order valence-electron chi connectivity index (χ1n) is 10.5. The smallest absolute Gasteiger partial charge is 0.335 e. The number of para-hydroxylation sites is 1. The van der Waals surface area contributed by atoms with Crippen LogP contribution in [0.5, 0.6) is 11.5 Å². The van der Waals surface area contributed by atoms with Gasteiger partial charge in [0.25, 0.3) is 5.91 Å². The van der Waals surface area contributed by atoms with Gasteiger partial charge in [-0.15, -0.1) is 0 Å². The van der Waals surface area contributed by atoms with Crippen LogP contribution in [0.15, 0.2) is 81.1 Å². The third-order valence-electron chi connectivity index (χ3n) is 5.20. The molecule has 1 N–H and O–H groups in total. The summed E-state index contributed by atoms with van der Waals surface area (Å²) < 4.78 is 11.6. The Hall–Kier alpha value is -3.56. The maximum atomic E-state index is 13.5. The van der Waals surface area contributed by atoms with E-state index in [9.17, 15) is 9.59 Å². The number of amides is 1. The van der Waals surface area contributed by atoms with Crippen molar-refractivity contribution in [2.75, 3.05) is 14.2 Å². The van der Waals surface area contributed by atoms with Crippen molar-refractivity contribution in [3.05, 3.63) is 92.8 Å². The number of amidine groups is 1. The van der Waals surface area contributed by atoms with E-state index in [2.05, 4.69) is 15.9 Å². The van der Waals surface area contributed by atoms with E-state index in [0.29, 0.717) is 27.1 Å². The summed E-state index contributed by atoms with van der Waals surface area (Å²) in [5, 5.41) is 9.69. The van der Waals surface area contributed by atoms with Crippen LogP contribution in [-0.4, -0.2) is 41.3 Å². The molecule has 1 saturated heterocycles. The number of hydrogen-bond donors (Lipinski definition) is 1. The third-order valence-corrected chi connectivity index (χ3v) is 6.83. The van der Waals surface area contributed by atoms with Gasteiger partial charge in [-0.3, -0.25) is 9.69 Å². The molecule has 1 fully saturated rings. The number of thioether (sulfide) groups is 1. The van der Waals surface area contributed by atoms with Crippen molar-refractivity contribution < 1.29 is 24.2 Å². The molecular weight excluding hydrogens is 532 g/mol. The zero-order valence-corrected chi connectivity index (χ0v) is 21.3. The molecule has 9 heteroatoms. The molecule has 35 heavy (non-hydrogen) atoms. The molecule has 3 aromatic rings. The zero-order chi connectivity index (χ0) is 24.9. The molecule has 1 aliphatic heterocycles. The molecule has 4 rings (SSSR count). The van der Waals surface area contributed by atoms with Gasteiger partial charge in [0.05, 0.1) is 41.4 Å². The highest BCUT2D eigenvalue weighted by Gasteiger charge is 2.34. The first kappa shape index (κ1) is 24.6. The normalized spacial score (nSPS) is 15.6. The average molecular weight is 553 g/mol. The Morgan fingerprint density at radius 2 is 1.74 bits per heavy atom. The van der Waals surface area contributed by atoms with Gasteiger partial charge in [0, 0.05) is 11.6 Å². The molecular formula is C26H21BrN2O5S. The molecule has 0 aliphatic carbocycles. The monoisotopic (exact) mass is 552 g/mol. The maximum absolute atomic E-state index is 13.5. The summed E-state index contributed by atoms with van der Waals surface area (Å²) in [4.78, 5) is 31.4. The zero-order valence-electron chi connectivity index (χ0n) is 18.9. The van der Waals surface area contributed by atoms with Crippen LogP contribution in [0.3, 0.4) is 0 Å². The number of hydrogen-bond acceptors (Lipinski definition) is 6. The van der Waals surface area contributed by atoms with Gasteiger partial charge in [0.2, 0.25) is 0 Å². The van der Waals surface area contributed by atoms with Crippen LogP contribution < -0.4 is 9.47 Å². The number of carboxylic acid groups (broad SMARTS) is 1. The van der Waals surface area contributed by atoms with Gasteiger partial charge in [-0.25, -0.2) is 9.79 Å². The number of halogens is 1. The van der Waals surface area contributed by atoms with Crippen molar-refractivity contribution in [2.24, 2.45) is 4.99 Å². The molecule has 1 amide bonds. The Labute approximate surface area is 215 Å². The Morgan fingerprint density at radius 3 is 2.37 bits per heavy atom. The van der Waals surface area contributed by atoms with Gasteiger partial charge >= 0.3 is 5.97 Å². The van der Waals surface area contributed by atoms with Crippen molar-refractivity contribution in [3.63, 3.8) is 0 Å². The summed E-state index contributed by atoms with van der Waals surface area (Å²) in [5.74, 6) is -0.0242. The minimum atomic E-state index is -1.000. The first-order valence-corrected chi connectivity index (χ1v) is 12.1. The van der Waals surface area contributed by atoms with Gasteiger partial charge in [0.1, 0.15) is 11.5 Å². The van der Waals surface area contributed by atoms with Gasteiger partial charge in [-0.05, 0) is 69.7 Å². The van der Waals surface area contributed by atoms with Crippen molar-refractivity contribution in [2.45, 2.75) is 6.54 Å². The van der Waals surface area contributed by atoms with Gasteiger partial charge in [-0.2, -0.15) is 0 Å². The molecule has 0 saturated carbocycles. The molecule has 1 heterocycles. The Balaban J connectivity index is 1.72. The predicted molar refractivity (Wildman–Crippen MR) is 140 cm³/mol. The lowest BCUT2D eigenvalue weighted by Crippen LogP contribution is -2.28. The fourth-order valence-electron chi connectivity index (χ4n) is 3.42. The number of ether oxygens (including phenoxy) is 2. The first-order chi connectivity index (χ1) is 16.9. The standard InChI is InChI=1S/C26H21BrN2O5S/c1-33-21-14-22(34-2)20(27)12-18(21)13-23-24(30)29(15-16-8-10-17(11-9-16)25(31)32)26(35-23)28-19-6-4-3-5-7-19/h3-14H,15H2,1-2H3,(H,31,32)/b23-13+,28-26?. The highest BCUT2D eigenvalue weighted by atomic mass is 79.9. The van der Waals surface area contributed by atoms with Crippen LogP contribution in [-0.2, 0) is 11.3 Å². The fraction of sp³-hybridized carbons (Fsp3) is 0.115. The molecule has 3 aromatic carbocycles. The van der Waals surface area contributed by atoms with Crippen LogP contribution in [0.25, 0.3) is 6.08 Å². The van der Waals surface area contributed by atoms with E-state index in [1.165, 1.54) is 23.9 Å². The summed E-state index contributed by atoms with van der Waals surface area (Å²) in [7, 11) is 3.13. The van der Waals surface area contributed by atoms with Gasteiger partial charge in [0.15, 0.2) is 5.17 Å². The van der Waals surface area contributed by atoms with Crippen molar-refractivity contribution >= 4 is 56.5 Å². The van der Waals surface area contributed by atoms with Gasteiger partial charge < -0.3 is 14.6 Å². The van der Waals surface area contributed by atoms with E-state index in [0.717, 1.165) is 15.7 Å². The lowest BCUT2D eigenvalue weighted by molar-refractivity contribution is -0.122. The molecule has 0 aromatic heterocycles. The number of methoxy groups -OCH3 is 2. The Morgan fingerprint density at radius 1 is 1.06 bits per heavy atom. The number of aromatic carboxylic acids is 1. The molecule has 0 atom stereocenters. The molecule has 0 unspecified atom stereocenters. The number of carbonyl (C=O) groups is 2. The highest BCUT2D eigenvalue weighted by molar-refractivity contribution is 9.10. The summed E-state index contributed by atoms with van der Waals surface area (Å²) in [5.41, 5.74) is 2.41. The summed E-state index contributed by atoms with van der Waals surface area (Å²) in [6.45, 7) is 0.248. The van der Waals surface area contributed by atoms with Crippen LogP contribution in [0.2, 0.25) is 0 Å². The summed E-state index contributed by atoms with van der Waals surface area (Å²) in [6, 6.07) is 19.4. The van der Waals surface area contributed by atoms with Crippen LogP contribution >= 0.6 is 27.7 Å². The lowest BCUT2D eigenvalue weighted by atomic mass is 10.1. The second-order valence-corrected chi connectivity index (χ2v) is 9.33. The van der Waals surface area contributed by atoms with E-state index in [-0.39, 0.29) is 18.0 Å². The van der Waals surface area contributed by atoms with Crippen LogP contribution in [0, 0.1) is 0 Å². The summed E-state index contributed by atoms with van der Waals surface area (Å²) >= 11 is 4.76. The molecule has 178 valence electrons. The third kappa shape index (κ3) is 5.58. The topological polar surface area (TPSA) is 88.4 Å². The van der Waals surface area contributed by atoms with E-state index >= 15 is 0 Å². The van der Waals surface area contributed by atoms with Crippen molar-refractivity contribution in [1.82, 2.24) is 4.90 Å². The number of carboxylic acids is 1.